The van der Waals surface area contributed by atoms with Gasteiger partial charge in [-0.15, -0.1) is 0 Å². The van der Waals surface area contributed by atoms with Crippen molar-refractivity contribution in [1.29, 1.82) is 0 Å². The first-order chi connectivity index (χ1) is 9.13. The largest absolute Gasteiger partial charge is 0.415 e. The van der Waals surface area contributed by atoms with Crippen molar-refractivity contribution in [3.63, 3.8) is 0 Å². The smallest absolute Gasteiger partial charge is 0.336 e. The van der Waals surface area contributed by atoms with E-state index in [1.165, 1.54) is 12.3 Å². The van der Waals surface area contributed by atoms with Gasteiger partial charge in [0, 0.05) is 6.20 Å². The summed E-state index contributed by atoms with van der Waals surface area (Å²) >= 11 is 11.5. The third kappa shape index (κ3) is 2.58. The standard InChI is InChI=1S/C10H7Cl2F3N4O/c1-9(16,10(13,14)15)8-18-7(19-20-8)6-5(12)2-4(11)3-17-6/h2-3H,16H2,1H3. The molecule has 108 valence electrons. The van der Waals surface area contributed by atoms with E-state index in [-0.39, 0.29) is 21.6 Å². The molecule has 2 rings (SSSR count). The topological polar surface area (TPSA) is 77.8 Å². The van der Waals surface area contributed by atoms with Crippen molar-refractivity contribution < 1.29 is 17.7 Å². The average molecular weight is 327 g/mol. The second kappa shape index (κ2) is 4.87. The number of hydrogen-bond donors (Lipinski definition) is 1. The summed E-state index contributed by atoms with van der Waals surface area (Å²) in [5, 5.41) is 3.75. The Morgan fingerprint density at radius 3 is 2.50 bits per heavy atom. The van der Waals surface area contributed by atoms with Crippen molar-refractivity contribution in [2.75, 3.05) is 0 Å². The number of halogens is 5. The molecule has 0 spiro atoms. The molecule has 0 aliphatic heterocycles. The molecule has 0 bridgehead atoms. The van der Waals surface area contributed by atoms with E-state index in [0.29, 0.717) is 0 Å². The van der Waals surface area contributed by atoms with Crippen LogP contribution in [0.4, 0.5) is 13.2 Å². The van der Waals surface area contributed by atoms with Crippen molar-refractivity contribution in [2.24, 2.45) is 5.73 Å². The van der Waals surface area contributed by atoms with Gasteiger partial charge in [-0.1, -0.05) is 28.4 Å². The van der Waals surface area contributed by atoms with Gasteiger partial charge in [-0.05, 0) is 13.0 Å². The maximum absolute atomic E-state index is 12.8. The number of rotatable bonds is 2. The lowest BCUT2D eigenvalue weighted by Crippen LogP contribution is -2.48. The first-order valence-electron chi connectivity index (χ1n) is 5.14. The number of aromatic nitrogens is 3. The van der Waals surface area contributed by atoms with Gasteiger partial charge >= 0.3 is 6.18 Å². The molecule has 0 aromatic carbocycles. The Labute approximate surface area is 120 Å². The van der Waals surface area contributed by atoms with Crippen LogP contribution in [0.1, 0.15) is 12.8 Å². The summed E-state index contributed by atoms with van der Waals surface area (Å²) < 4.78 is 42.8. The van der Waals surface area contributed by atoms with Crippen LogP contribution in [0.5, 0.6) is 0 Å². The molecule has 2 heterocycles. The molecule has 2 aromatic heterocycles. The number of alkyl halides is 3. The Balaban J connectivity index is 2.44. The number of hydrogen-bond acceptors (Lipinski definition) is 5. The van der Waals surface area contributed by atoms with E-state index in [9.17, 15) is 13.2 Å². The summed E-state index contributed by atoms with van der Waals surface area (Å²) in [5.74, 6) is -0.990. The fraction of sp³-hybridized carbons (Fsp3) is 0.300. The van der Waals surface area contributed by atoms with Crippen LogP contribution in [0, 0.1) is 0 Å². The molecule has 5 nitrogen and oxygen atoms in total. The molecule has 10 heteroatoms. The van der Waals surface area contributed by atoms with Crippen molar-refractivity contribution in [2.45, 2.75) is 18.6 Å². The van der Waals surface area contributed by atoms with Crippen LogP contribution in [-0.4, -0.2) is 21.3 Å². The molecule has 1 unspecified atom stereocenters. The van der Waals surface area contributed by atoms with E-state index in [1.807, 2.05) is 0 Å². The van der Waals surface area contributed by atoms with Gasteiger partial charge in [-0.25, -0.2) is 4.98 Å². The SMILES string of the molecule is CC(N)(c1nc(-c2ncc(Cl)cc2Cl)no1)C(F)(F)F. The van der Waals surface area contributed by atoms with E-state index in [0.717, 1.165) is 6.92 Å². The van der Waals surface area contributed by atoms with Gasteiger partial charge in [0.15, 0.2) is 5.54 Å². The molecule has 2 aromatic rings. The molecule has 0 saturated heterocycles. The van der Waals surface area contributed by atoms with E-state index >= 15 is 0 Å². The average Bonchev–Trinajstić information content (AvgIpc) is 2.77. The molecule has 0 radical (unpaired) electrons. The molecule has 0 aliphatic rings. The summed E-state index contributed by atoms with van der Waals surface area (Å²) in [7, 11) is 0. The minimum atomic E-state index is -4.74. The predicted molar refractivity (Wildman–Crippen MR) is 65.1 cm³/mol. The van der Waals surface area contributed by atoms with Gasteiger partial charge in [0.25, 0.3) is 5.89 Å². The van der Waals surface area contributed by atoms with Crippen molar-refractivity contribution in [1.82, 2.24) is 15.1 Å². The highest BCUT2D eigenvalue weighted by atomic mass is 35.5. The highest BCUT2D eigenvalue weighted by Gasteiger charge is 2.53. The number of pyridine rings is 1. The minimum absolute atomic E-state index is 0.0454. The zero-order chi connectivity index (χ0) is 15.1. The Morgan fingerprint density at radius 1 is 1.30 bits per heavy atom. The van der Waals surface area contributed by atoms with Crippen LogP contribution < -0.4 is 5.73 Å². The first-order valence-corrected chi connectivity index (χ1v) is 5.89. The summed E-state index contributed by atoms with van der Waals surface area (Å²) in [6.45, 7) is 0.723. The van der Waals surface area contributed by atoms with Crippen LogP contribution in [0.25, 0.3) is 11.5 Å². The van der Waals surface area contributed by atoms with Crippen molar-refractivity contribution >= 4 is 23.2 Å². The molecule has 20 heavy (non-hydrogen) atoms. The lowest BCUT2D eigenvalue weighted by molar-refractivity contribution is -0.190. The van der Waals surface area contributed by atoms with Crippen LogP contribution in [-0.2, 0) is 5.54 Å². The fourth-order valence-electron chi connectivity index (χ4n) is 1.23. The van der Waals surface area contributed by atoms with E-state index in [1.54, 1.807) is 0 Å². The monoisotopic (exact) mass is 326 g/mol. The zero-order valence-electron chi connectivity index (χ0n) is 9.87. The van der Waals surface area contributed by atoms with Gasteiger partial charge in [0.2, 0.25) is 5.82 Å². The molecule has 0 fully saturated rings. The maximum Gasteiger partial charge on any atom is 0.415 e. The summed E-state index contributed by atoms with van der Waals surface area (Å²) in [6.07, 6.45) is -3.49. The lowest BCUT2D eigenvalue weighted by atomic mass is 10.0. The van der Waals surface area contributed by atoms with Crippen molar-refractivity contribution in [3.05, 3.63) is 28.2 Å². The van der Waals surface area contributed by atoms with Crippen LogP contribution in [0.15, 0.2) is 16.8 Å². The quantitative estimate of drug-likeness (QED) is 0.917. The van der Waals surface area contributed by atoms with Crippen molar-refractivity contribution in [3.8, 4) is 11.5 Å². The number of nitrogens with zero attached hydrogens (tertiary/aromatic N) is 3. The lowest BCUT2D eigenvalue weighted by Gasteiger charge is -2.22. The van der Waals surface area contributed by atoms with Gasteiger partial charge in [0.05, 0.1) is 10.0 Å². The Hall–Kier alpha value is -1.38. The summed E-state index contributed by atoms with van der Waals surface area (Å²) in [5.41, 5.74) is 2.45. The van der Waals surface area contributed by atoms with E-state index in [4.69, 9.17) is 28.9 Å². The second-order valence-electron chi connectivity index (χ2n) is 4.11. The summed E-state index contributed by atoms with van der Waals surface area (Å²) in [4.78, 5) is 7.43. The Kier molecular flexibility index (Phi) is 3.66. The molecule has 0 amide bonds. The maximum atomic E-state index is 12.8. The molecule has 2 N–H and O–H groups in total. The highest BCUT2D eigenvalue weighted by molar-refractivity contribution is 6.35. The molecule has 1 atom stereocenters. The van der Waals surface area contributed by atoms with E-state index in [2.05, 4.69) is 19.6 Å². The fourth-order valence-corrected chi connectivity index (χ4v) is 1.70. The third-order valence-electron chi connectivity index (χ3n) is 2.48. The van der Waals surface area contributed by atoms with E-state index < -0.39 is 17.6 Å². The predicted octanol–water partition coefficient (Wildman–Crippen LogP) is 3.17. The van der Waals surface area contributed by atoms with Crippen LogP contribution in [0.2, 0.25) is 10.0 Å². The van der Waals surface area contributed by atoms with Gasteiger partial charge in [0.1, 0.15) is 5.69 Å². The summed E-state index contributed by atoms with van der Waals surface area (Å²) in [6, 6.07) is 1.35. The first kappa shape index (κ1) is 15.0. The number of nitrogens with two attached hydrogens (primary N) is 1. The highest BCUT2D eigenvalue weighted by Crippen LogP contribution is 2.36. The Bertz CT molecular complexity index is 642. The zero-order valence-corrected chi connectivity index (χ0v) is 11.4. The molecular formula is C10H7Cl2F3N4O. The van der Waals surface area contributed by atoms with Gasteiger partial charge < -0.3 is 10.3 Å². The minimum Gasteiger partial charge on any atom is -0.336 e. The normalized spacial score (nSPS) is 15.2. The molecular weight excluding hydrogens is 320 g/mol. The third-order valence-corrected chi connectivity index (χ3v) is 2.97. The second-order valence-corrected chi connectivity index (χ2v) is 4.95. The van der Waals surface area contributed by atoms with Crippen LogP contribution in [0.3, 0.4) is 0 Å². The Morgan fingerprint density at radius 2 is 1.95 bits per heavy atom. The van der Waals surface area contributed by atoms with Gasteiger partial charge in [-0.3, -0.25) is 0 Å². The molecule has 0 aliphatic carbocycles. The molecule has 0 saturated carbocycles. The van der Waals surface area contributed by atoms with Gasteiger partial charge in [-0.2, -0.15) is 18.2 Å². The van der Waals surface area contributed by atoms with Crippen LogP contribution >= 0.6 is 23.2 Å².